The molecular weight excluding hydrogens is 236 g/mol. The third-order valence-electron chi connectivity index (χ3n) is 3.72. The van der Waals surface area contributed by atoms with E-state index in [1.165, 1.54) is 5.56 Å². The van der Waals surface area contributed by atoms with Crippen molar-refractivity contribution in [2.45, 2.75) is 12.5 Å². The van der Waals surface area contributed by atoms with E-state index in [0.29, 0.717) is 0 Å². The average Bonchev–Trinajstić information content (AvgIpc) is 3.08. The molecule has 0 N–H and O–H groups in total. The highest BCUT2D eigenvalue weighted by Crippen LogP contribution is 2.33. The molecule has 0 amide bonds. The molecule has 1 saturated heterocycles. The van der Waals surface area contributed by atoms with Gasteiger partial charge in [-0.3, -0.25) is 4.90 Å². The minimum Gasteiger partial charge on any atom is -0.469 e. The molecule has 0 aliphatic carbocycles. The summed E-state index contributed by atoms with van der Waals surface area (Å²) in [4.78, 5) is 2.33. The summed E-state index contributed by atoms with van der Waals surface area (Å²) in [6, 6.07) is 16.7. The summed E-state index contributed by atoms with van der Waals surface area (Å²) in [5.74, 6) is 1.15. The average molecular weight is 252 g/mol. The smallest absolute Gasteiger partial charge is 0.109 e. The van der Waals surface area contributed by atoms with Crippen LogP contribution in [-0.4, -0.2) is 18.0 Å². The number of hydrogen-bond donors (Lipinski definition) is 0. The maximum atomic E-state index is 9.30. The van der Waals surface area contributed by atoms with Crippen LogP contribution in [0.3, 0.4) is 0 Å². The first-order chi connectivity index (χ1) is 9.36. The summed E-state index contributed by atoms with van der Waals surface area (Å²) < 4.78 is 5.47. The molecule has 19 heavy (non-hydrogen) atoms. The van der Waals surface area contributed by atoms with E-state index in [1.807, 2.05) is 18.2 Å². The zero-order valence-corrected chi connectivity index (χ0v) is 10.7. The standard InChI is InChI=1S/C16H16N2O/c17-9-14-11-18(10-13-5-2-1-3-6-13)12-15(14)16-7-4-8-19-16/h1-8,14-15H,10-12H2/t14-,15-/m0/s1. The van der Waals surface area contributed by atoms with Gasteiger partial charge in [0, 0.05) is 25.6 Å². The summed E-state index contributed by atoms with van der Waals surface area (Å²) in [5.41, 5.74) is 1.29. The monoisotopic (exact) mass is 252 g/mol. The van der Waals surface area contributed by atoms with Gasteiger partial charge in [-0.2, -0.15) is 5.26 Å². The Balaban J connectivity index is 1.72. The Morgan fingerprint density at radius 3 is 2.68 bits per heavy atom. The molecule has 1 aromatic heterocycles. The Morgan fingerprint density at radius 2 is 2.00 bits per heavy atom. The SMILES string of the molecule is N#C[C@H]1CN(Cc2ccccc2)C[C@@H]1c1ccco1. The van der Waals surface area contributed by atoms with Gasteiger partial charge in [-0.05, 0) is 17.7 Å². The lowest BCUT2D eigenvalue weighted by molar-refractivity contribution is 0.319. The van der Waals surface area contributed by atoms with Crippen LogP contribution >= 0.6 is 0 Å². The highest BCUT2D eigenvalue weighted by Gasteiger charge is 2.35. The lowest BCUT2D eigenvalue weighted by Gasteiger charge is -2.15. The Morgan fingerprint density at radius 1 is 1.16 bits per heavy atom. The zero-order chi connectivity index (χ0) is 13.1. The minimum atomic E-state index is 0.0230. The Hall–Kier alpha value is -2.05. The fraction of sp³-hybridized carbons (Fsp3) is 0.312. The van der Waals surface area contributed by atoms with Crippen LogP contribution in [0, 0.1) is 17.2 Å². The van der Waals surface area contributed by atoms with Crippen LogP contribution in [0.15, 0.2) is 53.1 Å². The largest absolute Gasteiger partial charge is 0.469 e. The van der Waals surface area contributed by atoms with Crippen molar-refractivity contribution in [1.29, 1.82) is 5.26 Å². The maximum absolute atomic E-state index is 9.30. The number of nitrogens with zero attached hydrogens (tertiary/aromatic N) is 2. The molecule has 0 bridgehead atoms. The first-order valence-corrected chi connectivity index (χ1v) is 6.56. The van der Waals surface area contributed by atoms with Crippen molar-refractivity contribution in [1.82, 2.24) is 4.90 Å². The van der Waals surface area contributed by atoms with Crippen molar-refractivity contribution in [2.75, 3.05) is 13.1 Å². The highest BCUT2D eigenvalue weighted by molar-refractivity contribution is 5.18. The predicted octanol–water partition coefficient (Wildman–Crippen LogP) is 3.02. The molecule has 3 rings (SSSR count). The molecule has 2 heterocycles. The van der Waals surface area contributed by atoms with Crippen molar-refractivity contribution in [3.63, 3.8) is 0 Å². The molecule has 0 radical (unpaired) electrons. The third-order valence-corrected chi connectivity index (χ3v) is 3.72. The van der Waals surface area contributed by atoms with Crippen molar-refractivity contribution in [3.05, 3.63) is 60.1 Å². The van der Waals surface area contributed by atoms with Gasteiger partial charge in [-0.1, -0.05) is 30.3 Å². The molecule has 0 saturated carbocycles. The van der Waals surface area contributed by atoms with Crippen molar-refractivity contribution < 1.29 is 4.42 Å². The van der Waals surface area contributed by atoms with Crippen LogP contribution in [0.2, 0.25) is 0 Å². The summed E-state index contributed by atoms with van der Waals surface area (Å²) >= 11 is 0. The second-order valence-electron chi connectivity index (χ2n) is 5.04. The van der Waals surface area contributed by atoms with Gasteiger partial charge >= 0.3 is 0 Å². The van der Waals surface area contributed by atoms with Crippen LogP contribution in [0.25, 0.3) is 0 Å². The molecule has 1 aromatic carbocycles. The van der Waals surface area contributed by atoms with Gasteiger partial charge < -0.3 is 4.42 Å². The second-order valence-corrected chi connectivity index (χ2v) is 5.04. The van der Waals surface area contributed by atoms with E-state index in [9.17, 15) is 5.26 Å². The number of likely N-dealkylation sites (tertiary alicyclic amines) is 1. The van der Waals surface area contributed by atoms with E-state index in [0.717, 1.165) is 25.4 Å². The first-order valence-electron chi connectivity index (χ1n) is 6.56. The summed E-state index contributed by atoms with van der Waals surface area (Å²) in [7, 11) is 0. The van der Waals surface area contributed by atoms with E-state index >= 15 is 0 Å². The van der Waals surface area contributed by atoms with E-state index in [2.05, 4.69) is 35.2 Å². The lowest BCUT2D eigenvalue weighted by Crippen LogP contribution is -2.20. The van der Waals surface area contributed by atoms with Gasteiger partial charge in [0.25, 0.3) is 0 Å². The van der Waals surface area contributed by atoms with Gasteiger partial charge in [0.2, 0.25) is 0 Å². The number of hydrogen-bond acceptors (Lipinski definition) is 3. The molecule has 2 atom stereocenters. The van der Waals surface area contributed by atoms with E-state index in [-0.39, 0.29) is 11.8 Å². The fourth-order valence-electron chi connectivity index (χ4n) is 2.78. The van der Waals surface area contributed by atoms with Gasteiger partial charge in [0.05, 0.1) is 18.3 Å². The molecule has 0 spiro atoms. The van der Waals surface area contributed by atoms with Gasteiger partial charge in [-0.15, -0.1) is 0 Å². The van der Waals surface area contributed by atoms with E-state index in [4.69, 9.17) is 4.42 Å². The number of nitriles is 1. The normalized spacial score (nSPS) is 23.3. The number of benzene rings is 1. The van der Waals surface area contributed by atoms with Crippen LogP contribution in [-0.2, 0) is 6.54 Å². The van der Waals surface area contributed by atoms with Crippen LogP contribution < -0.4 is 0 Å². The maximum Gasteiger partial charge on any atom is 0.109 e. The van der Waals surface area contributed by atoms with Gasteiger partial charge in [0.1, 0.15) is 5.76 Å². The minimum absolute atomic E-state index is 0.0230. The van der Waals surface area contributed by atoms with Crippen LogP contribution in [0.4, 0.5) is 0 Å². The second kappa shape index (κ2) is 5.29. The van der Waals surface area contributed by atoms with Crippen LogP contribution in [0.5, 0.6) is 0 Å². The van der Waals surface area contributed by atoms with Crippen molar-refractivity contribution >= 4 is 0 Å². The molecular formula is C16H16N2O. The zero-order valence-electron chi connectivity index (χ0n) is 10.7. The number of furan rings is 1. The Labute approximate surface area is 113 Å². The first kappa shape index (κ1) is 12.0. The summed E-state index contributed by atoms with van der Waals surface area (Å²) in [6.07, 6.45) is 1.68. The van der Waals surface area contributed by atoms with Crippen LogP contribution in [0.1, 0.15) is 17.2 Å². The summed E-state index contributed by atoms with van der Waals surface area (Å²) in [6.45, 7) is 2.60. The Kier molecular flexibility index (Phi) is 3.35. The van der Waals surface area contributed by atoms with E-state index < -0.39 is 0 Å². The highest BCUT2D eigenvalue weighted by atomic mass is 16.3. The fourth-order valence-corrected chi connectivity index (χ4v) is 2.78. The molecule has 1 aliphatic heterocycles. The molecule has 3 heteroatoms. The molecule has 96 valence electrons. The summed E-state index contributed by atoms with van der Waals surface area (Å²) in [5, 5.41) is 9.30. The predicted molar refractivity (Wildman–Crippen MR) is 72.3 cm³/mol. The molecule has 0 unspecified atom stereocenters. The quantitative estimate of drug-likeness (QED) is 0.843. The van der Waals surface area contributed by atoms with Gasteiger partial charge in [0.15, 0.2) is 0 Å². The van der Waals surface area contributed by atoms with Crippen molar-refractivity contribution in [3.8, 4) is 6.07 Å². The third kappa shape index (κ3) is 2.54. The molecule has 1 aliphatic rings. The molecule has 2 aromatic rings. The van der Waals surface area contributed by atoms with Crippen molar-refractivity contribution in [2.24, 2.45) is 5.92 Å². The molecule has 1 fully saturated rings. The van der Waals surface area contributed by atoms with Gasteiger partial charge in [-0.25, -0.2) is 0 Å². The number of rotatable bonds is 3. The Bertz CT molecular complexity index is 556. The lowest BCUT2D eigenvalue weighted by atomic mass is 9.95. The topological polar surface area (TPSA) is 40.2 Å². The molecule has 3 nitrogen and oxygen atoms in total. The van der Waals surface area contributed by atoms with E-state index in [1.54, 1.807) is 6.26 Å².